The molecule has 0 spiro atoms. The molecule has 0 aromatic heterocycles. The highest BCUT2D eigenvalue weighted by Crippen LogP contribution is 2.11. The highest BCUT2D eigenvalue weighted by molar-refractivity contribution is 4.80. The minimum absolute atomic E-state index is 0.322. The van der Waals surface area contributed by atoms with E-state index in [1.54, 1.807) is 0 Å². The molecule has 0 amide bonds. The molecule has 1 N–H and O–H groups in total. The Morgan fingerprint density at radius 2 is 1.93 bits per heavy atom. The Bertz CT molecular complexity index is 203. The molecule has 1 heterocycles. The molecule has 3 nitrogen and oxygen atoms in total. The minimum atomic E-state index is 0.322. The summed E-state index contributed by atoms with van der Waals surface area (Å²) in [6.45, 7) is 7.84. The van der Waals surface area contributed by atoms with Gasteiger partial charge in [0.2, 0.25) is 0 Å². The quantitative estimate of drug-likeness (QED) is 0.750. The Morgan fingerprint density at radius 1 is 1.27 bits per heavy atom. The van der Waals surface area contributed by atoms with Crippen molar-refractivity contribution in [1.29, 1.82) is 5.26 Å². The lowest BCUT2D eigenvalue weighted by atomic mass is 10.1. The summed E-state index contributed by atoms with van der Waals surface area (Å²) in [5.41, 5.74) is 0. The van der Waals surface area contributed by atoms with E-state index in [4.69, 9.17) is 5.26 Å². The molecular formula is C12H23N3. The fourth-order valence-electron chi connectivity index (χ4n) is 2.07. The molecule has 0 aromatic carbocycles. The molecule has 1 aliphatic heterocycles. The average molecular weight is 209 g/mol. The summed E-state index contributed by atoms with van der Waals surface area (Å²) < 4.78 is 0. The molecule has 1 saturated heterocycles. The van der Waals surface area contributed by atoms with Crippen molar-refractivity contribution in [2.75, 3.05) is 19.6 Å². The van der Waals surface area contributed by atoms with Gasteiger partial charge in [0.05, 0.1) is 12.5 Å². The fourth-order valence-corrected chi connectivity index (χ4v) is 2.07. The number of nitrogens with zero attached hydrogens (tertiary/aromatic N) is 2. The van der Waals surface area contributed by atoms with E-state index in [-0.39, 0.29) is 0 Å². The van der Waals surface area contributed by atoms with Gasteiger partial charge in [0.1, 0.15) is 0 Å². The lowest BCUT2D eigenvalue weighted by molar-refractivity contribution is 0.168. The predicted octanol–water partition coefficient (Wildman–Crippen LogP) is 1.75. The van der Waals surface area contributed by atoms with Crippen LogP contribution in [0, 0.1) is 11.3 Å². The Balaban J connectivity index is 2.17. The van der Waals surface area contributed by atoms with Gasteiger partial charge in [-0.25, -0.2) is 0 Å². The van der Waals surface area contributed by atoms with E-state index in [9.17, 15) is 0 Å². The van der Waals surface area contributed by atoms with E-state index in [0.29, 0.717) is 18.5 Å². The summed E-state index contributed by atoms with van der Waals surface area (Å²) in [6.07, 6.45) is 4.68. The summed E-state index contributed by atoms with van der Waals surface area (Å²) in [6, 6.07) is 3.12. The topological polar surface area (TPSA) is 39.1 Å². The summed E-state index contributed by atoms with van der Waals surface area (Å²) >= 11 is 0. The van der Waals surface area contributed by atoms with Crippen LogP contribution in [0.2, 0.25) is 0 Å². The molecule has 15 heavy (non-hydrogen) atoms. The summed E-state index contributed by atoms with van der Waals surface area (Å²) in [5.74, 6) is 0. The third kappa shape index (κ3) is 4.63. The van der Waals surface area contributed by atoms with Crippen molar-refractivity contribution in [3.05, 3.63) is 0 Å². The first-order valence-corrected chi connectivity index (χ1v) is 6.08. The first-order chi connectivity index (χ1) is 7.24. The van der Waals surface area contributed by atoms with Crippen molar-refractivity contribution in [1.82, 2.24) is 10.2 Å². The minimum Gasteiger partial charge on any atom is -0.312 e. The third-order valence-electron chi connectivity index (χ3n) is 3.17. The standard InChI is InChI=1S/C12H23N3/c1-11(6-7-13)14-10-12(2)15-8-4-3-5-9-15/h11-12,14H,3-6,8-10H2,1-2H3. The SMILES string of the molecule is CC(CC#N)NCC(C)N1CCCCC1. The molecule has 1 fully saturated rings. The number of nitriles is 1. The van der Waals surface area contributed by atoms with Gasteiger partial charge < -0.3 is 5.32 Å². The average Bonchev–Trinajstić information content (AvgIpc) is 2.27. The third-order valence-corrected chi connectivity index (χ3v) is 3.17. The number of hydrogen-bond donors (Lipinski definition) is 1. The van der Waals surface area contributed by atoms with E-state index >= 15 is 0 Å². The Morgan fingerprint density at radius 3 is 2.53 bits per heavy atom. The zero-order valence-corrected chi connectivity index (χ0v) is 10.00. The second-order valence-corrected chi connectivity index (χ2v) is 4.62. The lowest BCUT2D eigenvalue weighted by Gasteiger charge is -2.33. The van der Waals surface area contributed by atoms with E-state index in [1.807, 2.05) is 0 Å². The molecule has 2 atom stereocenters. The summed E-state index contributed by atoms with van der Waals surface area (Å²) in [7, 11) is 0. The first kappa shape index (κ1) is 12.5. The van der Waals surface area contributed by atoms with Crippen molar-refractivity contribution in [2.45, 2.75) is 51.6 Å². The molecule has 0 radical (unpaired) electrons. The molecule has 0 aromatic rings. The van der Waals surface area contributed by atoms with E-state index in [0.717, 1.165) is 6.54 Å². The number of nitrogens with one attached hydrogen (secondary N) is 1. The molecule has 0 saturated carbocycles. The number of piperidine rings is 1. The monoisotopic (exact) mass is 209 g/mol. The van der Waals surface area contributed by atoms with Crippen molar-refractivity contribution >= 4 is 0 Å². The normalized spacial score (nSPS) is 21.9. The Hall–Kier alpha value is -0.590. The highest BCUT2D eigenvalue weighted by Gasteiger charge is 2.16. The van der Waals surface area contributed by atoms with Crippen LogP contribution in [0.25, 0.3) is 0 Å². The Labute approximate surface area is 93.5 Å². The van der Waals surface area contributed by atoms with Crippen molar-refractivity contribution in [2.24, 2.45) is 0 Å². The van der Waals surface area contributed by atoms with E-state index in [1.165, 1.54) is 32.4 Å². The number of likely N-dealkylation sites (tertiary alicyclic amines) is 1. The lowest BCUT2D eigenvalue weighted by Crippen LogP contribution is -2.44. The van der Waals surface area contributed by atoms with Gasteiger partial charge in [-0.3, -0.25) is 4.90 Å². The van der Waals surface area contributed by atoms with Crippen LogP contribution in [0.5, 0.6) is 0 Å². The maximum Gasteiger partial charge on any atom is 0.0638 e. The van der Waals surface area contributed by atoms with E-state index in [2.05, 4.69) is 30.1 Å². The summed E-state index contributed by atoms with van der Waals surface area (Å²) in [5, 5.41) is 12.0. The van der Waals surface area contributed by atoms with Crippen LogP contribution in [0.1, 0.15) is 39.5 Å². The second-order valence-electron chi connectivity index (χ2n) is 4.62. The Kier molecular flexibility index (Phi) is 5.67. The molecule has 1 aliphatic rings. The molecule has 0 aliphatic carbocycles. The largest absolute Gasteiger partial charge is 0.312 e. The zero-order chi connectivity index (χ0) is 11.1. The molecule has 1 rings (SSSR count). The van der Waals surface area contributed by atoms with Gasteiger partial charge >= 0.3 is 0 Å². The summed E-state index contributed by atoms with van der Waals surface area (Å²) in [4.78, 5) is 2.55. The van der Waals surface area contributed by atoms with Gasteiger partial charge in [-0.1, -0.05) is 6.42 Å². The van der Waals surface area contributed by atoms with Crippen molar-refractivity contribution in [3.8, 4) is 6.07 Å². The van der Waals surface area contributed by atoms with Crippen LogP contribution in [-0.4, -0.2) is 36.6 Å². The van der Waals surface area contributed by atoms with Crippen molar-refractivity contribution in [3.63, 3.8) is 0 Å². The van der Waals surface area contributed by atoms with Gasteiger partial charge in [0, 0.05) is 18.6 Å². The van der Waals surface area contributed by atoms with Crippen LogP contribution in [0.3, 0.4) is 0 Å². The van der Waals surface area contributed by atoms with Gasteiger partial charge in [-0.15, -0.1) is 0 Å². The molecule has 2 unspecified atom stereocenters. The van der Waals surface area contributed by atoms with Crippen LogP contribution in [0.4, 0.5) is 0 Å². The molecule has 86 valence electrons. The second kappa shape index (κ2) is 6.81. The molecule has 0 bridgehead atoms. The van der Waals surface area contributed by atoms with Crippen LogP contribution >= 0.6 is 0 Å². The molecular weight excluding hydrogens is 186 g/mol. The van der Waals surface area contributed by atoms with E-state index < -0.39 is 0 Å². The zero-order valence-electron chi connectivity index (χ0n) is 10.00. The molecule has 3 heteroatoms. The fraction of sp³-hybridized carbons (Fsp3) is 0.917. The van der Waals surface area contributed by atoms with Crippen LogP contribution in [-0.2, 0) is 0 Å². The first-order valence-electron chi connectivity index (χ1n) is 6.08. The van der Waals surface area contributed by atoms with Crippen LogP contribution in [0.15, 0.2) is 0 Å². The predicted molar refractivity (Wildman–Crippen MR) is 62.6 cm³/mol. The van der Waals surface area contributed by atoms with Crippen LogP contribution < -0.4 is 5.32 Å². The highest BCUT2D eigenvalue weighted by atomic mass is 15.2. The van der Waals surface area contributed by atoms with Gasteiger partial charge in [0.25, 0.3) is 0 Å². The van der Waals surface area contributed by atoms with Gasteiger partial charge in [-0.05, 0) is 39.8 Å². The van der Waals surface area contributed by atoms with Crippen molar-refractivity contribution < 1.29 is 0 Å². The maximum atomic E-state index is 8.55. The maximum absolute atomic E-state index is 8.55. The van der Waals surface area contributed by atoms with Gasteiger partial charge in [-0.2, -0.15) is 5.26 Å². The number of hydrogen-bond acceptors (Lipinski definition) is 3. The number of rotatable bonds is 5. The smallest absolute Gasteiger partial charge is 0.0638 e. The van der Waals surface area contributed by atoms with Gasteiger partial charge in [0.15, 0.2) is 0 Å².